The topological polar surface area (TPSA) is 15.3 Å². The molecule has 0 amide bonds. The Bertz CT molecular complexity index is 386. The predicted molar refractivity (Wildman–Crippen MR) is 87.3 cm³/mol. The summed E-state index contributed by atoms with van der Waals surface area (Å²) < 4.78 is 0. The van der Waals surface area contributed by atoms with Crippen molar-refractivity contribution in [3.63, 3.8) is 0 Å². The zero-order valence-electron chi connectivity index (χ0n) is 12.7. The highest BCUT2D eigenvalue weighted by atomic mass is 32.1. The van der Waals surface area contributed by atoms with Crippen LogP contribution in [0, 0.1) is 5.92 Å². The molecular weight excluding hydrogens is 264 g/mol. The van der Waals surface area contributed by atoms with Crippen molar-refractivity contribution in [3.05, 3.63) is 22.4 Å². The van der Waals surface area contributed by atoms with Crippen LogP contribution >= 0.6 is 11.3 Å². The van der Waals surface area contributed by atoms with Crippen molar-refractivity contribution < 1.29 is 0 Å². The molecule has 0 spiro atoms. The molecule has 2 unspecified atom stereocenters. The van der Waals surface area contributed by atoms with Crippen molar-refractivity contribution in [1.29, 1.82) is 0 Å². The molecule has 0 radical (unpaired) electrons. The van der Waals surface area contributed by atoms with E-state index in [-0.39, 0.29) is 0 Å². The fraction of sp³-hybridized carbons (Fsp3) is 0.765. The molecule has 1 aliphatic heterocycles. The fourth-order valence-electron chi connectivity index (χ4n) is 3.43. The van der Waals surface area contributed by atoms with Crippen LogP contribution in [-0.4, -0.2) is 30.6 Å². The molecule has 2 nitrogen and oxygen atoms in total. The molecule has 1 saturated heterocycles. The van der Waals surface area contributed by atoms with Gasteiger partial charge in [0.05, 0.1) is 0 Å². The lowest BCUT2D eigenvalue weighted by molar-refractivity contribution is 0.158. The van der Waals surface area contributed by atoms with Crippen molar-refractivity contribution >= 4 is 11.3 Å². The molecule has 2 atom stereocenters. The summed E-state index contributed by atoms with van der Waals surface area (Å²) in [5.74, 6) is 0.905. The zero-order chi connectivity index (χ0) is 13.8. The Kier molecular flexibility index (Phi) is 5.14. The lowest BCUT2D eigenvalue weighted by Gasteiger charge is -2.33. The van der Waals surface area contributed by atoms with Gasteiger partial charge in [0.1, 0.15) is 0 Å². The Balaban J connectivity index is 1.40. The second-order valence-corrected chi connectivity index (χ2v) is 7.50. The third kappa shape index (κ3) is 3.84. The Labute approximate surface area is 127 Å². The van der Waals surface area contributed by atoms with Gasteiger partial charge in [0.15, 0.2) is 0 Å². The van der Waals surface area contributed by atoms with Crippen LogP contribution in [-0.2, 0) is 0 Å². The molecule has 112 valence electrons. The van der Waals surface area contributed by atoms with Crippen molar-refractivity contribution in [2.75, 3.05) is 19.6 Å². The number of piperidine rings is 1. The van der Waals surface area contributed by atoms with E-state index in [1.54, 1.807) is 4.88 Å². The average Bonchev–Trinajstić information content (AvgIpc) is 3.15. The van der Waals surface area contributed by atoms with Gasteiger partial charge in [0.25, 0.3) is 0 Å². The summed E-state index contributed by atoms with van der Waals surface area (Å²) in [5.41, 5.74) is 0. The molecule has 2 aliphatic rings. The molecule has 1 aromatic heterocycles. The van der Waals surface area contributed by atoms with E-state index >= 15 is 0 Å². The van der Waals surface area contributed by atoms with E-state index in [0.29, 0.717) is 6.04 Å². The Morgan fingerprint density at radius 2 is 2.25 bits per heavy atom. The monoisotopic (exact) mass is 292 g/mol. The van der Waals surface area contributed by atoms with Gasteiger partial charge in [-0.3, -0.25) is 0 Å². The highest BCUT2D eigenvalue weighted by Gasteiger charge is 2.32. The molecule has 3 rings (SSSR count). The number of hydrogen-bond donors (Lipinski definition) is 1. The van der Waals surface area contributed by atoms with Crippen LogP contribution in [0.3, 0.4) is 0 Å². The molecule has 1 aromatic rings. The van der Waals surface area contributed by atoms with E-state index in [2.05, 4.69) is 34.7 Å². The molecule has 1 aliphatic carbocycles. The van der Waals surface area contributed by atoms with Gasteiger partial charge in [0.2, 0.25) is 0 Å². The van der Waals surface area contributed by atoms with E-state index in [4.69, 9.17) is 0 Å². The van der Waals surface area contributed by atoms with E-state index in [1.807, 2.05) is 11.3 Å². The minimum Gasteiger partial charge on any atom is -0.309 e. The van der Waals surface area contributed by atoms with Gasteiger partial charge in [-0.25, -0.2) is 0 Å². The number of rotatable bonds is 7. The maximum absolute atomic E-state index is 3.82. The molecule has 0 aromatic carbocycles. The van der Waals surface area contributed by atoms with Gasteiger partial charge in [-0.15, -0.1) is 11.3 Å². The number of thiophene rings is 1. The van der Waals surface area contributed by atoms with Gasteiger partial charge in [0, 0.05) is 17.0 Å². The summed E-state index contributed by atoms with van der Waals surface area (Å²) >= 11 is 1.91. The van der Waals surface area contributed by atoms with Crippen molar-refractivity contribution in [3.8, 4) is 0 Å². The van der Waals surface area contributed by atoms with Crippen LogP contribution < -0.4 is 5.32 Å². The Morgan fingerprint density at radius 3 is 2.95 bits per heavy atom. The van der Waals surface area contributed by atoms with Gasteiger partial charge in [-0.05, 0) is 76.0 Å². The first-order chi connectivity index (χ1) is 9.84. The van der Waals surface area contributed by atoms with Gasteiger partial charge in [-0.2, -0.15) is 0 Å². The zero-order valence-corrected chi connectivity index (χ0v) is 13.5. The third-order valence-electron chi connectivity index (χ3n) is 4.87. The number of likely N-dealkylation sites (tertiary alicyclic amines) is 1. The first-order valence-electron chi connectivity index (χ1n) is 8.35. The molecule has 1 N–H and O–H groups in total. The summed E-state index contributed by atoms with van der Waals surface area (Å²) in [4.78, 5) is 4.22. The highest BCUT2D eigenvalue weighted by molar-refractivity contribution is 7.10. The first kappa shape index (κ1) is 14.6. The summed E-state index contributed by atoms with van der Waals surface area (Å²) in [6.45, 7) is 6.15. The van der Waals surface area contributed by atoms with E-state index in [1.165, 1.54) is 58.2 Å². The molecular formula is C17H28N2S. The summed E-state index contributed by atoms with van der Waals surface area (Å²) in [6.07, 6.45) is 8.35. The van der Waals surface area contributed by atoms with Crippen molar-refractivity contribution in [2.24, 2.45) is 5.92 Å². The summed E-state index contributed by atoms with van der Waals surface area (Å²) in [5, 5.41) is 6.03. The Hall–Kier alpha value is -0.380. The van der Waals surface area contributed by atoms with E-state index in [0.717, 1.165) is 12.0 Å². The minimum atomic E-state index is 0.633. The maximum Gasteiger partial charge on any atom is 0.0443 e. The SMILES string of the molecule is CC1CCCCN1CCCNC(c1cccs1)C1CC1. The molecule has 3 heteroatoms. The minimum absolute atomic E-state index is 0.633. The first-order valence-corrected chi connectivity index (χ1v) is 9.23. The van der Waals surface area contributed by atoms with E-state index in [9.17, 15) is 0 Å². The van der Waals surface area contributed by atoms with Crippen LogP contribution in [0.2, 0.25) is 0 Å². The van der Waals surface area contributed by atoms with Crippen LogP contribution in [0.5, 0.6) is 0 Å². The van der Waals surface area contributed by atoms with Crippen molar-refractivity contribution in [1.82, 2.24) is 10.2 Å². The van der Waals surface area contributed by atoms with Crippen molar-refractivity contribution in [2.45, 2.75) is 57.5 Å². The predicted octanol–water partition coefficient (Wildman–Crippen LogP) is 4.05. The maximum atomic E-state index is 3.82. The number of nitrogens with one attached hydrogen (secondary N) is 1. The van der Waals surface area contributed by atoms with Crippen LogP contribution in [0.1, 0.15) is 56.4 Å². The third-order valence-corrected chi connectivity index (χ3v) is 5.83. The lowest BCUT2D eigenvalue weighted by Crippen LogP contribution is -2.39. The highest BCUT2D eigenvalue weighted by Crippen LogP contribution is 2.42. The summed E-state index contributed by atoms with van der Waals surface area (Å²) in [7, 11) is 0. The number of hydrogen-bond acceptors (Lipinski definition) is 3. The quantitative estimate of drug-likeness (QED) is 0.763. The second-order valence-electron chi connectivity index (χ2n) is 6.52. The molecule has 1 saturated carbocycles. The number of nitrogens with zero attached hydrogens (tertiary/aromatic N) is 1. The van der Waals surface area contributed by atoms with Gasteiger partial charge < -0.3 is 10.2 Å². The molecule has 2 heterocycles. The second kappa shape index (κ2) is 7.06. The van der Waals surface area contributed by atoms with Crippen LogP contribution in [0.25, 0.3) is 0 Å². The largest absolute Gasteiger partial charge is 0.309 e. The lowest BCUT2D eigenvalue weighted by atomic mass is 10.0. The van der Waals surface area contributed by atoms with Gasteiger partial charge >= 0.3 is 0 Å². The fourth-order valence-corrected chi connectivity index (χ4v) is 4.32. The Morgan fingerprint density at radius 1 is 1.35 bits per heavy atom. The molecule has 2 fully saturated rings. The molecule has 20 heavy (non-hydrogen) atoms. The van der Waals surface area contributed by atoms with Gasteiger partial charge in [-0.1, -0.05) is 12.5 Å². The summed E-state index contributed by atoms with van der Waals surface area (Å²) in [6, 6.07) is 5.92. The standard InChI is InChI=1S/C17H28N2S/c1-14-6-2-3-11-19(14)12-5-10-18-17(15-8-9-15)16-7-4-13-20-16/h4,7,13-15,17-18H,2-3,5-6,8-12H2,1H3. The smallest absolute Gasteiger partial charge is 0.0443 e. The van der Waals surface area contributed by atoms with Crippen LogP contribution in [0.4, 0.5) is 0 Å². The molecule has 0 bridgehead atoms. The van der Waals surface area contributed by atoms with Crippen LogP contribution in [0.15, 0.2) is 17.5 Å². The normalized spacial score (nSPS) is 25.8. The average molecular weight is 292 g/mol. The van der Waals surface area contributed by atoms with E-state index < -0.39 is 0 Å².